The highest BCUT2D eigenvalue weighted by atomic mass is 19.4. The zero-order valence-corrected chi connectivity index (χ0v) is 14.9. The lowest BCUT2D eigenvalue weighted by Gasteiger charge is -2.21. The Morgan fingerprint density at radius 2 is 1.74 bits per heavy atom. The van der Waals surface area contributed by atoms with Gasteiger partial charge in [-0.05, 0) is 30.3 Å². The number of phenols is 1. The van der Waals surface area contributed by atoms with E-state index in [1.807, 2.05) is 0 Å². The predicted octanol–water partition coefficient (Wildman–Crippen LogP) is 5.00. The lowest BCUT2D eigenvalue weighted by molar-refractivity contribution is -0.137. The molecule has 0 aliphatic carbocycles. The zero-order chi connectivity index (χ0) is 20.4. The lowest BCUT2D eigenvalue weighted by Crippen LogP contribution is -2.31. The van der Waals surface area contributed by atoms with Gasteiger partial charge in [0.25, 0.3) is 5.91 Å². The smallest absolute Gasteiger partial charge is 0.416 e. The summed E-state index contributed by atoms with van der Waals surface area (Å²) >= 11 is 0. The van der Waals surface area contributed by atoms with Gasteiger partial charge >= 0.3 is 6.18 Å². The van der Waals surface area contributed by atoms with Gasteiger partial charge in [0.15, 0.2) is 0 Å². The summed E-state index contributed by atoms with van der Waals surface area (Å²) < 4.78 is 59.0. The van der Waals surface area contributed by atoms with Crippen molar-refractivity contribution in [2.75, 3.05) is 12.4 Å². The van der Waals surface area contributed by atoms with Crippen molar-refractivity contribution >= 4 is 11.6 Å². The summed E-state index contributed by atoms with van der Waals surface area (Å²) in [6, 6.07) is 5.78. The average molecular weight is 385 g/mol. The first-order valence-electron chi connectivity index (χ1n) is 8.19. The Morgan fingerprint density at radius 3 is 2.30 bits per heavy atom. The van der Waals surface area contributed by atoms with Crippen LogP contribution in [0.15, 0.2) is 36.4 Å². The van der Waals surface area contributed by atoms with Crippen LogP contribution in [-0.2, 0) is 16.6 Å². The van der Waals surface area contributed by atoms with Gasteiger partial charge in [-0.25, -0.2) is 4.39 Å². The molecule has 8 heteroatoms. The van der Waals surface area contributed by atoms with E-state index in [1.165, 1.54) is 25.7 Å². The van der Waals surface area contributed by atoms with E-state index in [1.54, 1.807) is 0 Å². The maximum Gasteiger partial charge on any atom is 0.416 e. The van der Waals surface area contributed by atoms with Crippen LogP contribution in [0.4, 0.5) is 23.2 Å². The first-order chi connectivity index (χ1) is 12.6. The van der Waals surface area contributed by atoms with Crippen LogP contribution in [-0.4, -0.2) is 18.1 Å². The molecule has 0 unspecified atom stereocenters. The molecule has 27 heavy (non-hydrogen) atoms. The summed E-state index contributed by atoms with van der Waals surface area (Å²) in [7, 11) is 1.25. The van der Waals surface area contributed by atoms with Gasteiger partial charge in [0.05, 0.1) is 12.7 Å². The van der Waals surface area contributed by atoms with E-state index < -0.39 is 23.3 Å². The minimum absolute atomic E-state index is 0.0156. The quantitative estimate of drug-likeness (QED) is 0.715. The molecular weight excluding hydrogens is 366 g/mol. The summed E-state index contributed by atoms with van der Waals surface area (Å²) in [5.41, 5.74) is -4.62. The minimum Gasteiger partial charge on any atom is -0.508 e. The molecule has 1 aliphatic heterocycles. The number of hydrogen-bond donors (Lipinski definition) is 2. The third-order valence-electron chi connectivity index (χ3n) is 3.83. The summed E-state index contributed by atoms with van der Waals surface area (Å²) in [6.07, 6.45) is -3.37. The van der Waals surface area contributed by atoms with Gasteiger partial charge in [0.1, 0.15) is 11.5 Å². The molecule has 0 spiro atoms. The number of fused-ring (bicyclic) bond motifs is 1. The second-order valence-corrected chi connectivity index (χ2v) is 5.96. The molecule has 0 fully saturated rings. The van der Waals surface area contributed by atoms with Crippen molar-refractivity contribution < 1.29 is 32.2 Å². The second kappa shape index (κ2) is 7.46. The molecule has 1 atom stereocenters. The van der Waals surface area contributed by atoms with E-state index in [4.69, 9.17) is 4.74 Å². The Kier molecular flexibility index (Phi) is 5.67. The van der Waals surface area contributed by atoms with Gasteiger partial charge in [-0.3, -0.25) is 4.79 Å². The standard InChI is InChI=1S/C16H11F4NO3.C3H8/c1-24-13-5-3-9(22)7-11(13)15(17)10-4-2-8(16(18,19)20)6-12(10)21-14(15)23;1-3-2/h2-7,22H,1H3,(H,21,23);3H2,1-2H3/t15-;/m1./s1. The highest BCUT2D eigenvalue weighted by Crippen LogP contribution is 2.49. The van der Waals surface area contributed by atoms with Crippen LogP contribution in [0.1, 0.15) is 37.0 Å². The van der Waals surface area contributed by atoms with Gasteiger partial charge < -0.3 is 15.2 Å². The lowest BCUT2D eigenvalue weighted by atomic mass is 9.88. The summed E-state index contributed by atoms with van der Waals surface area (Å²) in [4.78, 5) is 12.2. The third-order valence-corrected chi connectivity index (χ3v) is 3.83. The van der Waals surface area contributed by atoms with E-state index in [0.717, 1.165) is 12.1 Å². The molecule has 0 saturated carbocycles. The number of amides is 1. The first kappa shape index (κ1) is 20.5. The van der Waals surface area contributed by atoms with Crippen LogP contribution in [0.2, 0.25) is 0 Å². The van der Waals surface area contributed by atoms with Crippen LogP contribution >= 0.6 is 0 Å². The van der Waals surface area contributed by atoms with E-state index in [0.29, 0.717) is 12.1 Å². The maximum absolute atomic E-state index is 15.6. The highest BCUT2D eigenvalue weighted by molar-refractivity contribution is 6.08. The number of rotatable bonds is 2. The number of ether oxygens (including phenoxy) is 1. The Bertz CT molecular complexity index is 851. The third kappa shape index (κ3) is 3.70. The molecule has 1 amide bonds. The topological polar surface area (TPSA) is 58.6 Å². The molecule has 2 aromatic rings. The fourth-order valence-electron chi connectivity index (χ4n) is 2.69. The Hall–Kier alpha value is -2.77. The molecule has 1 aliphatic rings. The molecule has 2 N–H and O–H groups in total. The largest absolute Gasteiger partial charge is 0.508 e. The van der Waals surface area contributed by atoms with Crippen LogP contribution in [0.5, 0.6) is 11.5 Å². The number of alkyl halides is 4. The molecule has 0 saturated heterocycles. The van der Waals surface area contributed by atoms with E-state index in [2.05, 4.69) is 19.2 Å². The Morgan fingerprint density at radius 1 is 1.11 bits per heavy atom. The second-order valence-electron chi connectivity index (χ2n) is 5.96. The normalized spacial score (nSPS) is 18.3. The molecule has 0 bridgehead atoms. The van der Waals surface area contributed by atoms with Gasteiger partial charge in [-0.2, -0.15) is 13.2 Å². The molecule has 146 valence electrons. The number of anilines is 1. The SMILES string of the molecule is CCC.COc1ccc(O)cc1[C@@]1(F)C(=O)Nc2cc(C(F)(F)F)ccc21. The van der Waals surface area contributed by atoms with Crippen molar-refractivity contribution in [1.29, 1.82) is 0 Å². The van der Waals surface area contributed by atoms with Gasteiger partial charge in [0.2, 0.25) is 5.67 Å². The monoisotopic (exact) mass is 385 g/mol. The fraction of sp³-hybridized carbons (Fsp3) is 0.316. The van der Waals surface area contributed by atoms with Crippen molar-refractivity contribution in [2.45, 2.75) is 32.1 Å². The molecule has 4 nitrogen and oxygen atoms in total. The minimum atomic E-state index is -4.62. The molecule has 1 heterocycles. The number of methoxy groups -OCH3 is 1. The molecular formula is C19H19F4NO3. The number of halogens is 4. The van der Waals surface area contributed by atoms with Crippen molar-refractivity contribution in [3.8, 4) is 11.5 Å². The Balaban J connectivity index is 0.000000817. The summed E-state index contributed by atoms with van der Waals surface area (Å²) in [6.45, 7) is 4.25. The van der Waals surface area contributed by atoms with E-state index >= 15 is 4.39 Å². The zero-order valence-electron chi connectivity index (χ0n) is 14.9. The summed E-state index contributed by atoms with van der Waals surface area (Å²) in [5.74, 6) is -1.48. The van der Waals surface area contributed by atoms with Gasteiger partial charge in [-0.15, -0.1) is 0 Å². The predicted molar refractivity (Wildman–Crippen MR) is 92.6 cm³/mol. The van der Waals surface area contributed by atoms with Gasteiger partial charge in [-0.1, -0.05) is 26.3 Å². The summed E-state index contributed by atoms with van der Waals surface area (Å²) in [5, 5.41) is 11.7. The average Bonchev–Trinajstić information content (AvgIpc) is 2.86. The fourth-order valence-corrected chi connectivity index (χ4v) is 2.69. The Labute approximate surface area is 153 Å². The number of carbonyl (C=O) groups excluding carboxylic acids is 1. The van der Waals surface area contributed by atoms with Crippen LogP contribution in [0.25, 0.3) is 0 Å². The van der Waals surface area contributed by atoms with Crippen LogP contribution in [0.3, 0.4) is 0 Å². The number of aromatic hydroxyl groups is 1. The van der Waals surface area contributed by atoms with Crippen molar-refractivity contribution in [3.63, 3.8) is 0 Å². The van der Waals surface area contributed by atoms with E-state index in [9.17, 15) is 23.1 Å². The molecule has 0 aromatic heterocycles. The first-order valence-corrected chi connectivity index (χ1v) is 8.19. The molecule has 2 aromatic carbocycles. The van der Waals surface area contributed by atoms with Crippen molar-refractivity contribution in [1.82, 2.24) is 0 Å². The van der Waals surface area contributed by atoms with Crippen LogP contribution in [0, 0.1) is 0 Å². The number of nitrogens with one attached hydrogen (secondary N) is 1. The van der Waals surface area contributed by atoms with Crippen molar-refractivity contribution in [3.05, 3.63) is 53.1 Å². The van der Waals surface area contributed by atoms with E-state index in [-0.39, 0.29) is 28.3 Å². The van der Waals surface area contributed by atoms with Gasteiger partial charge in [0, 0.05) is 16.8 Å². The number of benzene rings is 2. The maximum atomic E-state index is 15.6. The molecule has 0 radical (unpaired) electrons. The molecule has 3 rings (SSSR count). The number of phenolic OH excluding ortho intramolecular Hbond substituents is 1. The highest BCUT2D eigenvalue weighted by Gasteiger charge is 2.51. The number of carbonyl (C=O) groups is 1. The van der Waals surface area contributed by atoms with Crippen molar-refractivity contribution in [2.24, 2.45) is 0 Å². The number of hydrogen-bond acceptors (Lipinski definition) is 3. The van der Waals surface area contributed by atoms with Crippen LogP contribution < -0.4 is 10.1 Å².